The van der Waals surface area contributed by atoms with E-state index in [0.717, 1.165) is 146 Å². The van der Waals surface area contributed by atoms with Crippen LogP contribution in [0.3, 0.4) is 0 Å². The Kier molecular flexibility index (Phi) is 30.6. The minimum Gasteiger partial charge on any atom is -0.206 e. The lowest BCUT2D eigenvalue weighted by atomic mass is 9.96. The number of rotatable bonds is 22. The van der Waals surface area contributed by atoms with Gasteiger partial charge in [0.1, 0.15) is 46.5 Å². The molecule has 0 aliphatic heterocycles. The summed E-state index contributed by atoms with van der Waals surface area (Å²) in [6.07, 6.45) is 10.7. The number of benzene rings is 16. The van der Waals surface area contributed by atoms with Crippen LogP contribution in [-0.4, -0.2) is 0 Å². The maximum absolute atomic E-state index is 14.9. The fourth-order valence-electron chi connectivity index (χ4n) is 15.0. The van der Waals surface area contributed by atoms with Gasteiger partial charge in [0, 0.05) is 44.5 Å². The molecule has 0 fully saturated rings. The normalized spacial score (nSPS) is 11.1. The number of unbranched alkanes of at least 4 members (excludes halogenated alkanes) is 3. The third-order valence-corrected chi connectivity index (χ3v) is 22.2. The molecule has 0 unspecified atom stereocenters. The maximum Gasteiger partial charge on any atom is 0.194 e. The molecule has 16 rings (SSSR count). The molecular formula is C110H80F20. The summed E-state index contributed by atoms with van der Waals surface area (Å²) >= 11 is 0. The molecule has 0 nitrogen and oxygen atoms in total. The van der Waals surface area contributed by atoms with Crippen molar-refractivity contribution in [2.24, 2.45) is 0 Å². The highest BCUT2D eigenvalue weighted by molar-refractivity contribution is 5.80. The molecule has 0 saturated carbocycles. The van der Waals surface area contributed by atoms with E-state index in [-0.39, 0.29) is 89.0 Å². The first-order chi connectivity index (χ1) is 62.5. The second kappa shape index (κ2) is 42.4. The summed E-state index contributed by atoms with van der Waals surface area (Å²) in [5.41, 5.74) is 12.0. The molecule has 0 saturated heterocycles. The maximum atomic E-state index is 14.9. The van der Waals surface area contributed by atoms with Crippen LogP contribution in [0.2, 0.25) is 0 Å². The highest BCUT2D eigenvalue weighted by Crippen LogP contribution is 2.40. The molecule has 0 amide bonds. The first-order valence-corrected chi connectivity index (χ1v) is 41.8. The van der Waals surface area contributed by atoms with Crippen LogP contribution in [-0.2, 0) is 25.7 Å². The second-order valence-electron chi connectivity index (χ2n) is 31.0. The zero-order valence-corrected chi connectivity index (χ0v) is 70.3. The Hall–Kier alpha value is -13.9. The van der Waals surface area contributed by atoms with Crippen molar-refractivity contribution in [2.45, 2.75) is 91.9 Å². The van der Waals surface area contributed by atoms with E-state index >= 15 is 0 Å². The van der Waals surface area contributed by atoms with Crippen LogP contribution in [0.15, 0.2) is 291 Å². The molecule has 16 aromatic rings. The quantitative estimate of drug-likeness (QED) is 0.0360. The molecule has 0 heterocycles. The Morgan fingerprint density at radius 2 is 0.308 bits per heavy atom. The van der Waals surface area contributed by atoms with Gasteiger partial charge in [-0.2, -0.15) is 0 Å². The summed E-state index contributed by atoms with van der Waals surface area (Å²) in [4.78, 5) is 0. The van der Waals surface area contributed by atoms with Crippen molar-refractivity contribution in [3.8, 4) is 134 Å². The molecule has 16 aromatic carbocycles. The molecule has 0 radical (unpaired) electrons. The van der Waals surface area contributed by atoms with E-state index in [0.29, 0.717) is 22.3 Å². The zero-order valence-electron chi connectivity index (χ0n) is 70.3. The van der Waals surface area contributed by atoms with E-state index in [1.165, 1.54) is 108 Å². The third kappa shape index (κ3) is 22.3. The average Bonchev–Trinajstić information content (AvgIpc) is 0.801. The molecule has 0 spiro atoms. The fraction of sp³-hybridized carbons (Fsp3) is 0.127. The predicted molar refractivity (Wildman–Crippen MR) is 475 cm³/mol. The van der Waals surface area contributed by atoms with Gasteiger partial charge in [-0.25, -0.2) is 87.8 Å². The number of aryl methyl sites for hydroxylation is 4. The van der Waals surface area contributed by atoms with Gasteiger partial charge in [0.15, 0.2) is 69.8 Å². The summed E-state index contributed by atoms with van der Waals surface area (Å²) < 4.78 is 279. The predicted octanol–water partition coefficient (Wildman–Crippen LogP) is 34.1. The lowest BCUT2D eigenvalue weighted by Gasteiger charge is -2.10. The number of hydrogen-bond acceptors (Lipinski definition) is 0. The van der Waals surface area contributed by atoms with Crippen LogP contribution in [0.4, 0.5) is 87.8 Å². The first-order valence-electron chi connectivity index (χ1n) is 41.8. The van der Waals surface area contributed by atoms with E-state index in [1.807, 2.05) is 97.1 Å². The van der Waals surface area contributed by atoms with E-state index in [4.69, 9.17) is 0 Å². The summed E-state index contributed by atoms with van der Waals surface area (Å²) in [5, 5.41) is 0. The molecule has 0 aliphatic rings. The SMILES string of the molecule is CCCCCc1ccc(-c2ccc(-c3ccc(-c4cc(F)c(F)c(F)c4)c(F)c3)c(F)c2)cc1.CCCCc1ccc(-c2ccc(-c3ccc(-c4cc(F)c(F)c(F)c4)c(F)c3)c(F)c2)cc1.CCCc1ccc(-c2ccc(-c3ccc(-c4cc(F)c(F)c(F)c4)c(F)c3)c(F)c2)cc1.CCc1ccc(-c2ccc(-c3ccc(-c4cc(F)c(F)c(F)c4)c(F)c3)c(F)c2)cc1. The molecule has 0 aromatic heterocycles. The Morgan fingerprint density at radius 3 is 0.508 bits per heavy atom. The largest absolute Gasteiger partial charge is 0.206 e. The lowest BCUT2D eigenvalue weighted by molar-refractivity contribution is 0.447. The monoisotopic (exact) mass is 1780 g/mol. The second-order valence-corrected chi connectivity index (χ2v) is 31.0. The van der Waals surface area contributed by atoms with Gasteiger partial charge in [0.05, 0.1) is 0 Å². The molecule has 0 N–H and O–H groups in total. The van der Waals surface area contributed by atoms with Gasteiger partial charge in [-0.3, -0.25) is 0 Å². The molecule has 0 aliphatic carbocycles. The van der Waals surface area contributed by atoms with E-state index in [9.17, 15) is 87.8 Å². The van der Waals surface area contributed by atoms with Crippen LogP contribution in [0, 0.1) is 116 Å². The van der Waals surface area contributed by atoms with Crippen LogP contribution in [0.5, 0.6) is 0 Å². The van der Waals surface area contributed by atoms with E-state index < -0.39 is 116 Å². The first kappa shape index (κ1) is 93.8. The van der Waals surface area contributed by atoms with Crippen molar-refractivity contribution in [2.75, 3.05) is 0 Å². The minimum atomic E-state index is -1.62. The van der Waals surface area contributed by atoms with Crippen molar-refractivity contribution in [3.63, 3.8) is 0 Å². The summed E-state index contributed by atoms with van der Waals surface area (Å²) in [6, 6.07) is 71.7. The van der Waals surface area contributed by atoms with Crippen molar-refractivity contribution in [1.82, 2.24) is 0 Å². The molecular weight excluding hydrogens is 1700 g/mol. The van der Waals surface area contributed by atoms with E-state index in [1.54, 1.807) is 48.5 Å². The number of hydrogen-bond donors (Lipinski definition) is 0. The van der Waals surface area contributed by atoms with Crippen LogP contribution in [0.1, 0.15) is 88.5 Å². The molecule has 130 heavy (non-hydrogen) atoms. The van der Waals surface area contributed by atoms with Crippen LogP contribution < -0.4 is 0 Å². The Balaban J connectivity index is 0.000000148. The van der Waals surface area contributed by atoms with Crippen molar-refractivity contribution >= 4 is 0 Å². The van der Waals surface area contributed by atoms with Crippen molar-refractivity contribution < 1.29 is 87.8 Å². The van der Waals surface area contributed by atoms with Crippen LogP contribution >= 0.6 is 0 Å². The van der Waals surface area contributed by atoms with Crippen molar-refractivity contribution in [3.05, 3.63) is 430 Å². The average molecular weight is 1780 g/mol. The van der Waals surface area contributed by atoms with Gasteiger partial charge in [0.25, 0.3) is 0 Å². The van der Waals surface area contributed by atoms with Gasteiger partial charge in [-0.15, -0.1) is 0 Å². The summed E-state index contributed by atoms with van der Waals surface area (Å²) in [5.74, 6) is -23.0. The smallest absolute Gasteiger partial charge is 0.194 e. The minimum absolute atomic E-state index is 0.113. The third-order valence-electron chi connectivity index (χ3n) is 22.2. The van der Waals surface area contributed by atoms with Gasteiger partial charge >= 0.3 is 0 Å². The van der Waals surface area contributed by atoms with Crippen LogP contribution in [0.25, 0.3) is 134 Å². The van der Waals surface area contributed by atoms with Gasteiger partial charge in [0.2, 0.25) is 0 Å². The van der Waals surface area contributed by atoms with E-state index in [2.05, 4.69) is 27.7 Å². The molecule has 660 valence electrons. The molecule has 0 bridgehead atoms. The summed E-state index contributed by atoms with van der Waals surface area (Å²) in [7, 11) is 0. The number of halogens is 20. The Labute approximate surface area is 739 Å². The van der Waals surface area contributed by atoms with Gasteiger partial charge in [-0.05, 0) is 247 Å². The summed E-state index contributed by atoms with van der Waals surface area (Å²) in [6.45, 7) is 8.46. The highest BCUT2D eigenvalue weighted by Gasteiger charge is 2.23. The molecule has 20 heteroatoms. The topological polar surface area (TPSA) is 0 Å². The Bertz CT molecular complexity index is 6670. The fourth-order valence-corrected chi connectivity index (χ4v) is 15.0. The highest BCUT2D eigenvalue weighted by atomic mass is 19.2. The van der Waals surface area contributed by atoms with Crippen molar-refractivity contribution in [1.29, 1.82) is 0 Å². The standard InChI is InChI=1S/C29H23F5.C28H21F5.C27H19F5.C26H17F5/c1-2-3-4-5-18-6-8-19(9-7-18)20-10-12-23(25(30)14-20)21-11-13-24(26(31)15-21)22-16-27(32)29(34)28(33)17-22;1-2-3-4-17-5-7-18(8-6-17)19-9-11-22(24(29)13-19)20-10-12-23(25(30)14-20)21-15-26(31)28(33)27(32)16-21;1-2-3-16-4-6-17(7-5-16)18-8-10-21(23(28)12-18)19-9-11-22(24(29)13-19)20-14-25(30)27(32)26(31)15-20;1-2-15-3-5-16(6-4-15)17-7-9-20(22(27)11-17)18-8-10-21(23(28)12-18)19-13-24(29)26(31)25(30)14-19/h6-17H,2-5H2,1H3;5-16H,2-4H2,1H3;4-15H,2-3H2,1H3;3-14H,2H2,1H3. The molecule has 0 atom stereocenters. The lowest BCUT2D eigenvalue weighted by Crippen LogP contribution is -1.94. The zero-order chi connectivity index (χ0) is 92.7. The van der Waals surface area contributed by atoms with Gasteiger partial charge in [-0.1, -0.05) is 248 Å². The Morgan fingerprint density at radius 1 is 0.138 bits per heavy atom. The van der Waals surface area contributed by atoms with Gasteiger partial charge < -0.3 is 0 Å².